The topological polar surface area (TPSA) is 92.7 Å². The predicted molar refractivity (Wildman–Crippen MR) is 132 cm³/mol. The predicted octanol–water partition coefficient (Wildman–Crippen LogP) is 4.46. The number of allylic oxidation sites excluding steroid dienone is 1. The average Bonchev–Trinajstić information content (AvgIpc) is 3.21. The Labute approximate surface area is 203 Å². The minimum Gasteiger partial charge on any atom is -0.449 e. The minimum atomic E-state index is -0.462. The summed E-state index contributed by atoms with van der Waals surface area (Å²) in [7, 11) is 0. The number of rotatable bonds is 7. The van der Waals surface area contributed by atoms with Crippen molar-refractivity contribution in [3.63, 3.8) is 0 Å². The smallest absolute Gasteiger partial charge is 0.407 e. The fraction of sp³-hybridized carbons (Fsp3) is 0.207. The Hall–Kier alpha value is -4.03. The van der Waals surface area contributed by atoms with Gasteiger partial charge in [-0.3, -0.25) is 9.59 Å². The Morgan fingerprint density at radius 1 is 0.886 bits per heavy atom. The fourth-order valence-electron chi connectivity index (χ4n) is 4.87. The highest BCUT2D eigenvalue weighted by atomic mass is 16.5. The summed E-state index contributed by atoms with van der Waals surface area (Å²) in [6.45, 7) is 0.224. The summed E-state index contributed by atoms with van der Waals surface area (Å²) in [4.78, 5) is 36.9. The molecular formula is C29H25NO5. The third-order valence-corrected chi connectivity index (χ3v) is 6.62. The number of benzene rings is 3. The number of carbonyl (C=O) groups excluding carboxylic acids is 3. The van der Waals surface area contributed by atoms with Crippen LogP contribution in [-0.2, 0) is 11.2 Å². The van der Waals surface area contributed by atoms with Gasteiger partial charge in [0.25, 0.3) is 0 Å². The van der Waals surface area contributed by atoms with E-state index in [1.165, 1.54) is 28.3 Å². The number of alkyl carbamates (subject to hydrolysis) is 1. The van der Waals surface area contributed by atoms with E-state index in [4.69, 9.17) is 4.74 Å². The molecule has 0 atom stereocenters. The zero-order valence-electron chi connectivity index (χ0n) is 19.1. The van der Waals surface area contributed by atoms with E-state index in [9.17, 15) is 19.5 Å². The van der Waals surface area contributed by atoms with Gasteiger partial charge >= 0.3 is 6.09 Å². The number of aliphatic hydroxyl groups excluding tert-OH is 1. The highest BCUT2D eigenvalue weighted by molar-refractivity contribution is 6.24. The number of fused-ring (bicyclic) bond motifs is 4. The van der Waals surface area contributed by atoms with Gasteiger partial charge in [0, 0.05) is 29.2 Å². The summed E-state index contributed by atoms with van der Waals surface area (Å²) in [6, 6.07) is 21.6. The number of amides is 1. The lowest BCUT2D eigenvalue weighted by Crippen LogP contribution is -2.27. The van der Waals surface area contributed by atoms with E-state index in [1.54, 1.807) is 12.1 Å². The number of aliphatic hydroxyl groups is 1. The van der Waals surface area contributed by atoms with Crippen LogP contribution in [0.3, 0.4) is 0 Å². The second-order valence-electron chi connectivity index (χ2n) is 8.76. The number of hydrogen-bond acceptors (Lipinski definition) is 5. The van der Waals surface area contributed by atoms with Gasteiger partial charge in [0.05, 0.1) is 6.61 Å². The van der Waals surface area contributed by atoms with Crippen molar-refractivity contribution in [2.75, 3.05) is 19.8 Å². The molecule has 5 rings (SSSR count). The largest absolute Gasteiger partial charge is 0.449 e. The second-order valence-corrected chi connectivity index (χ2v) is 8.76. The number of Topliss-reactive ketones (excluding diaryl/α,β-unsaturated/α-hetero) is 1. The van der Waals surface area contributed by atoms with E-state index in [0.29, 0.717) is 30.5 Å². The molecule has 0 spiro atoms. The zero-order valence-corrected chi connectivity index (χ0v) is 19.1. The van der Waals surface area contributed by atoms with Crippen molar-refractivity contribution in [3.05, 3.63) is 106 Å². The van der Waals surface area contributed by atoms with Crippen molar-refractivity contribution in [2.24, 2.45) is 0 Å². The number of hydrogen-bond donors (Lipinski definition) is 2. The lowest BCUT2D eigenvalue weighted by Gasteiger charge is -2.15. The lowest BCUT2D eigenvalue weighted by atomic mass is 9.88. The monoisotopic (exact) mass is 467 g/mol. The van der Waals surface area contributed by atoms with Gasteiger partial charge in [-0.05, 0) is 52.8 Å². The normalized spacial score (nSPS) is 14.1. The molecule has 0 saturated carbocycles. The summed E-state index contributed by atoms with van der Waals surface area (Å²) in [5.41, 5.74) is 6.38. The molecule has 6 heteroatoms. The molecule has 0 radical (unpaired) electrons. The lowest BCUT2D eigenvalue weighted by molar-refractivity contribution is 0.0972. The van der Waals surface area contributed by atoms with E-state index in [-0.39, 0.29) is 29.7 Å². The maximum absolute atomic E-state index is 12.4. The van der Waals surface area contributed by atoms with Crippen LogP contribution in [0.25, 0.3) is 11.1 Å². The van der Waals surface area contributed by atoms with Crippen LogP contribution < -0.4 is 5.32 Å². The van der Waals surface area contributed by atoms with E-state index in [0.717, 1.165) is 5.56 Å². The minimum absolute atomic E-state index is 0.0155. The summed E-state index contributed by atoms with van der Waals surface area (Å²) in [5.74, 6) is -0.574. The summed E-state index contributed by atoms with van der Waals surface area (Å²) in [6.07, 6.45) is 2.00. The highest BCUT2D eigenvalue weighted by Crippen LogP contribution is 2.44. The zero-order chi connectivity index (χ0) is 24.4. The van der Waals surface area contributed by atoms with Gasteiger partial charge < -0.3 is 15.2 Å². The Morgan fingerprint density at radius 3 is 2.26 bits per heavy atom. The molecule has 0 aliphatic heterocycles. The van der Waals surface area contributed by atoms with Gasteiger partial charge in [0.15, 0.2) is 11.6 Å². The third kappa shape index (κ3) is 4.40. The van der Waals surface area contributed by atoms with Crippen LogP contribution in [0.4, 0.5) is 4.79 Å². The molecule has 2 aliphatic carbocycles. The van der Waals surface area contributed by atoms with Crippen molar-refractivity contribution < 1.29 is 24.2 Å². The molecule has 176 valence electrons. The number of ketones is 2. The Kier molecular flexibility index (Phi) is 6.29. The summed E-state index contributed by atoms with van der Waals surface area (Å²) >= 11 is 0. The molecule has 0 aromatic heterocycles. The molecule has 2 aliphatic rings. The van der Waals surface area contributed by atoms with E-state index >= 15 is 0 Å². The first kappa shape index (κ1) is 22.7. The van der Waals surface area contributed by atoms with Gasteiger partial charge in [-0.2, -0.15) is 0 Å². The molecule has 0 saturated heterocycles. The summed E-state index contributed by atoms with van der Waals surface area (Å²) < 4.78 is 5.55. The van der Waals surface area contributed by atoms with Gasteiger partial charge in [0.1, 0.15) is 6.61 Å². The molecule has 3 aromatic carbocycles. The molecular weight excluding hydrogens is 442 g/mol. The van der Waals surface area contributed by atoms with Crippen LogP contribution in [0.1, 0.15) is 49.7 Å². The third-order valence-electron chi connectivity index (χ3n) is 6.62. The van der Waals surface area contributed by atoms with Crippen LogP contribution in [0.2, 0.25) is 0 Å². The molecule has 0 unspecified atom stereocenters. The number of ether oxygens (including phenoxy) is 1. The van der Waals surface area contributed by atoms with Gasteiger partial charge in [-0.25, -0.2) is 4.79 Å². The Bertz CT molecular complexity index is 1310. The molecule has 2 N–H and O–H groups in total. The van der Waals surface area contributed by atoms with Crippen molar-refractivity contribution in [3.8, 4) is 11.1 Å². The number of aryl methyl sites for hydroxylation is 1. The van der Waals surface area contributed by atoms with Crippen LogP contribution in [0, 0.1) is 0 Å². The fourth-order valence-corrected chi connectivity index (χ4v) is 4.87. The van der Waals surface area contributed by atoms with Crippen LogP contribution in [0.5, 0.6) is 0 Å². The standard InChI is InChI=1S/C29H25NO5/c31-16-19-15-27(32)24-12-11-18(14-25(24)28(19)33)6-5-13-30-29(34)35-17-26-22-9-3-1-7-20(22)21-8-2-4-10-23(21)26/h1-4,7-12,14-15,26,31H,5-6,13,16-17H2,(H,30,34). The van der Waals surface area contributed by atoms with Gasteiger partial charge in [0.2, 0.25) is 0 Å². The Morgan fingerprint density at radius 2 is 1.57 bits per heavy atom. The van der Waals surface area contributed by atoms with E-state index in [1.807, 2.05) is 30.3 Å². The first-order valence-corrected chi connectivity index (χ1v) is 11.7. The molecule has 0 fully saturated rings. The summed E-state index contributed by atoms with van der Waals surface area (Å²) in [5, 5.41) is 12.1. The quantitative estimate of drug-likeness (QED) is 0.501. The molecule has 0 heterocycles. The maximum Gasteiger partial charge on any atom is 0.407 e. The second kappa shape index (κ2) is 9.68. The van der Waals surface area contributed by atoms with E-state index in [2.05, 4.69) is 29.6 Å². The van der Waals surface area contributed by atoms with Crippen molar-refractivity contribution in [1.29, 1.82) is 0 Å². The molecule has 3 aromatic rings. The SMILES string of the molecule is O=C(NCCCc1ccc2c(c1)C(=O)C(CO)=CC2=O)OCC1c2ccccc2-c2ccccc21. The first-order valence-electron chi connectivity index (χ1n) is 11.7. The Balaban J connectivity index is 1.13. The van der Waals surface area contributed by atoms with Crippen LogP contribution in [0.15, 0.2) is 78.4 Å². The van der Waals surface area contributed by atoms with Crippen molar-refractivity contribution in [1.82, 2.24) is 5.32 Å². The van der Waals surface area contributed by atoms with Crippen molar-refractivity contribution in [2.45, 2.75) is 18.8 Å². The van der Waals surface area contributed by atoms with Crippen molar-refractivity contribution >= 4 is 17.7 Å². The maximum atomic E-state index is 12.4. The van der Waals surface area contributed by atoms with Crippen LogP contribution in [-0.4, -0.2) is 42.5 Å². The molecule has 35 heavy (non-hydrogen) atoms. The highest BCUT2D eigenvalue weighted by Gasteiger charge is 2.29. The molecule has 6 nitrogen and oxygen atoms in total. The first-order chi connectivity index (χ1) is 17.1. The molecule has 0 bridgehead atoms. The van der Waals surface area contributed by atoms with Crippen LogP contribution >= 0.6 is 0 Å². The number of nitrogens with one attached hydrogen (secondary N) is 1. The van der Waals surface area contributed by atoms with Gasteiger partial charge in [-0.15, -0.1) is 0 Å². The van der Waals surface area contributed by atoms with E-state index < -0.39 is 12.7 Å². The average molecular weight is 468 g/mol. The van der Waals surface area contributed by atoms with Gasteiger partial charge in [-0.1, -0.05) is 60.7 Å². The molecule has 1 amide bonds. The number of carbonyl (C=O) groups is 3.